The zero-order valence-electron chi connectivity index (χ0n) is 11.2. The summed E-state index contributed by atoms with van der Waals surface area (Å²) >= 11 is 0. The predicted molar refractivity (Wildman–Crippen MR) is 75.1 cm³/mol. The molecule has 21 heavy (non-hydrogen) atoms. The topological polar surface area (TPSA) is 109 Å². The number of carboxylic acids is 1. The van der Waals surface area contributed by atoms with Crippen LogP contribution in [0, 0.1) is 0 Å². The lowest BCUT2D eigenvalue weighted by molar-refractivity contribution is 0.0696. The number of carboxylic acid groups (broad SMARTS) is 1. The number of urea groups is 1. The van der Waals surface area contributed by atoms with Gasteiger partial charge in [0.2, 0.25) is 0 Å². The van der Waals surface area contributed by atoms with Gasteiger partial charge in [-0.15, -0.1) is 0 Å². The van der Waals surface area contributed by atoms with E-state index in [0.29, 0.717) is 18.8 Å². The van der Waals surface area contributed by atoms with Gasteiger partial charge in [0.05, 0.1) is 17.4 Å². The molecule has 8 heteroatoms. The molecule has 0 unspecified atom stereocenters. The summed E-state index contributed by atoms with van der Waals surface area (Å²) in [7, 11) is 0. The Balaban J connectivity index is 1.74. The van der Waals surface area contributed by atoms with Crippen molar-refractivity contribution < 1.29 is 14.7 Å². The fourth-order valence-corrected chi connectivity index (χ4v) is 1.68. The van der Waals surface area contributed by atoms with E-state index >= 15 is 0 Å². The molecule has 0 atom stereocenters. The van der Waals surface area contributed by atoms with Crippen LogP contribution in [0.2, 0.25) is 0 Å². The smallest absolute Gasteiger partial charge is 0.337 e. The lowest BCUT2D eigenvalue weighted by atomic mass is 10.3. The molecular weight excluding hydrogens is 274 g/mol. The van der Waals surface area contributed by atoms with Crippen molar-refractivity contribution in [1.29, 1.82) is 0 Å². The highest BCUT2D eigenvalue weighted by Crippen LogP contribution is 2.07. The molecule has 2 aromatic rings. The average molecular weight is 289 g/mol. The summed E-state index contributed by atoms with van der Waals surface area (Å²) in [5.74, 6) is -1.09. The van der Waals surface area contributed by atoms with E-state index < -0.39 is 12.0 Å². The third-order valence-electron chi connectivity index (χ3n) is 2.65. The van der Waals surface area contributed by atoms with Crippen LogP contribution in [0.25, 0.3) is 0 Å². The van der Waals surface area contributed by atoms with Gasteiger partial charge in [0, 0.05) is 31.7 Å². The van der Waals surface area contributed by atoms with E-state index in [1.54, 1.807) is 10.9 Å². The summed E-state index contributed by atoms with van der Waals surface area (Å²) < 4.78 is 1.78. The number of nitrogens with one attached hydrogen (secondary N) is 2. The molecule has 0 aromatic carbocycles. The van der Waals surface area contributed by atoms with Crippen molar-refractivity contribution >= 4 is 17.7 Å². The first-order chi connectivity index (χ1) is 10.1. The molecule has 0 radical (unpaired) electrons. The molecule has 0 saturated heterocycles. The Morgan fingerprint density at radius 3 is 2.90 bits per heavy atom. The minimum Gasteiger partial charge on any atom is -0.478 e. The SMILES string of the molecule is O=C(NCCCn1cccn1)Nc1cncc(C(=O)O)c1. The van der Waals surface area contributed by atoms with Crippen LogP contribution in [0.1, 0.15) is 16.8 Å². The van der Waals surface area contributed by atoms with E-state index in [1.807, 2.05) is 12.3 Å². The minimum absolute atomic E-state index is 0.0199. The average Bonchev–Trinajstić information content (AvgIpc) is 2.97. The van der Waals surface area contributed by atoms with Crippen molar-refractivity contribution in [3.8, 4) is 0 Å². The summed E-state index contributed by atoms with van der Waals surface area (Å²) in [5.41, 5.74) is 0.353. The molecule has 0 spiro atoms. The maximum Gasteiger partial charge on any atom is 0.337 e. The molecule has 0 aliphatic heterocycles. The highest BCUT2D eigenvalue weighted by molar-refractivity contribution is 5.92. The van der Waals surface area contributed by atoms with Crippen LogP contribution in [0.5, 0.6) is 0 Å². The number of anilines is 1. The molecular formula is C13H15N5O3. The predicted octanol–water partition coefficient (Wildman–Crippen LogP) is 1.19. The summed E-state index contributed by atoms with van der Waals surface area (Å²) in [4.78, 5) is 26.2. The quantitative estimate of drug-likeness (QED) is 0.692. The highest BCUT2D eigenvalue weighted by atomic mass is 16.4. The van der Waals surface area contributed by atoms with Crippen LogP contribution in [-0.2, 0) is 6.54 Å². The van der Waals surface area contributed by atoms with Crippen molar-refractivity contribution in [3.63, 3.8) is 0 Å². The number of carbonyl (C=O) groups excluding carboxylic acids is 1. The van der Waals surface area contributed by atoms with Gasteiger partial charge >= 0.3 is 12.0 Å². The molecule has 3 N–H and O–H groups in total. The van der Waals surface area contributed by atoms with Crippen LogP contribution in [0.15, 0.2) is 36.9 Å². The fraction of sp³-hybridized carbons (Fsp3) is 0.231. The number of rotatable bonds is 6. The van der Waals surface area contributed by atoms with Crippen LogP contribution >= 0.6 is 0 Å². The van der Waals surface area contributed by atoms with E-state index in [9.17, 15) is 9.59 Å². The Morgan fingerprint density at radius 2 is 2.19 bits per heavy atom. The van der Waals surface area contributed by atoms with Gasteiger partial charge in [0.15, 0.2) is 0 Å². The highest BCUT2D eigenvalue weighted by Gasteiger charge is 2.06. The normalized spacial score (nSPS) is 10.1. The van der Waals surface area contributed by atoms with Crippen LogP contribution in [-0.4, -0.2) is 38.4 Å². The molecule has 0 aliphatic rings. The van der Waals surface area contributed by atoms with Gasteiger partial charge in [-0.2, -0.15) is 5.10 Å². The zero-order chi connectivity index (χ0) is 15.1. The van der Waals surface area contributed by atoms with Crippen molar-refractivity contribution in [2.24, 2.45) is 0 Å². The molecule has 0 fully saturated rings. The Labute approximate surface area is 120 Å². The fourth-order valence-electron chi connectivity index (χ4n) is 1.68. The van der Waals surface area contributed by atoms with Crippen molar-refractivity contribution in [2.45, 2.75) is 13.0 Å². The van der Waals surface area contributed by atoms with Crippen molar-refractivity contribution in [1.82, 2.24) is 20.1 Å². The molecule has 2 aromatic heterocycles. The first-order valence-electron chi connectivity index (χ1n) is 6.36. The van der Waals surface area contributed by atoms with E-state index in [1.165, 1.54) is 18.5 Å². The molecule has 2 amide bonds. The number of aromatic carboxylic acids is 1. The Morgan fingerprint density at radius 1 is 1.33 bits per heavy atom. The molecule has 8 nitrogen and oxygen atoms in total. The molecule has 0 aliphatic carbocycles. The first kappa shape index (κ1) is 14.5. The number of nitrogens with zero attached hydrogens (tertiary/aromatic N) is 3. The molecule has 2 rings (SSSR count). The number of hydrogen-bond acceptors (Lipinski definition) is 4. The number of amides is 2. The second-order valence-corrected chi connectivity index (χ2v) is 4.27. The standard InChI is InChI=1S/C13H15N5O3/c19-12(20)10-7-11(9-14-8-10)17-13(21)15-3-1-5-18-6-2-4-16-18/h2,4,6-9H,1,3,5H2,(H,19,20)(H2,15,17,21). The largest absolute Gasteiger partial charge is 0.478 e. The monoisotopic (exact) mass is 289 g/mol. The number of hydrogen-bond donors (Lipinski definition) is 3. The lowest BCUT2D eigenvalue weighted by Gasteiger charge is -2.08. The molecule has 110 valence electrons. The van der Waals surface area contributed by atoms with Gasteiger partial charge in [-0.05, 0) is 18.6 Å². The van der Waals surface area contributed by atoms with Crippen molar-refractivity contribution in [3.05, 3.63) is 42.5 Å². The first-order valence-corrected chi connectivity index (χ1v) is 6.36. The van der Waals surface area contributed by atoms with Gasteiger partial charge in [-0.1, -0.05) is 0 Å². The number of carbonyl (C=O) groups is 2. The summed E-state index contributed by atoms with van der Waals surface area (Å²) in [5, 5.41) is 18.1. The lowest BCUT2D eigenvalue weighted by Crippen LogP contribution is -2.30. The third kappa shape index (κ3) is 4.60. The maximum atomic E-state index is 11.6. The van der Waals surface area contributed by atoms with Gasteiger partial charge in [0.1, 0.15) is 0 Å². The number of pyridine rings is 1. The molecule has 0 bridgehead atoms. The van der Waals surface area contributed by atoms with E-state index in [2.05, 4.69) is 20.7 Å². The molecule has 2 heterocycles. The maximum absolute atomic E-state index is 11.6. The number of aromatic nitrogens is 3. The molecule has 0 saturated carbocycles. The van der Waals surface area contributed by atoms with Gasteiger partial charge in [-0.3, -0.25) is 9.67 Å². The van der Waals surface area contributed by atoms with E-state index in [-0.39, 0.29) is 5.56 Å². The summed E-state index contributed by atoms with van der Waals surface area (Å²) in [6.45, 7) is 1.20. The second-order valence-electron chi connectivity index (χ2n) is 4.27. The number of aryl methyl sites for hydroxylation is 1. The Bertz CT molecular complexity index is 612. The summed E-state index contributed by atoms with van der Waals surface area (Å²) in [6, 6.07) is 2.78. The van der Waals surface area contributed by atoms with Gasteiger partial charge < -0.3 is 15.7 Å². The van der Waals surface area contributed by atoms with E-state index in [4.69, 9.17) is 5.11 Å². The van der Waals surface area contributed by atoms with Crippen molar-refractivity contribution in [2.75, 3.05) is 11.9 Å². The Hall–Kier alpha value is -2.90. The third-order valence-corrected chi connectivity index (χ3v) is 2.65. The zero-order valence-corrected chi connectivity index (χ0v) is 11.2. The van der Waals surface area contributed by atoms with Crippen LogP contribution in [0.4, 0.5) is 10.5 Å². The van der Waals surface area contributed by atoms with E-state index in [0.717, 1.165) is 6.42 Å². The van der Waals surface area contributed by atoms with Gasteiger partial charge in [0.25, 0.3) is 0 Å². The van der Waals surface area contributed by atoms with Gasteiger partial charge in [-0.25, -0.2) is 9.59 Å². The van der Waals surface area contributed by atoms with Crippen LogP contribution < -0.4 is 10.6 Å². The minimum atomic E-state index is -1.09. The van der Waals surface area contributed by atoms with Crippen LogP contribution in [0.3, 0.4) is 0 Å². The summed E-state index contributed by atoms with van der Waals surface area (Å²) in [6.07, 6.45) is 6.89. The second kappa shape index (κ2) is 7.04. The Kier molecular flexibility index (Phi) is 4.86.